The first-order valence-corrected chi connectivity index (χ1v) is 23.4. The van der Waals surface area contributed by atoms with Crippen molar-refractivity contribution in [1.29, 1.82) is 0 Å². The third-order valence-electron chi connectivity index (χ3n) is 8.70. The Balaban J connectivity index is 1.52. The van der Waals surface area contributed by atoms with Gasteiger partial charge in [-0.25, -0.2) is 0 Å². The van der Waals surface area contributed by atoms with Crippen LogP contribution in [0.3, 0.4) is 0 Å². The van der Waals surface area contributed by atoms with Gasteiger partial charge in [0.05, 0.1) is 0 Å². The molecule has 0 radical (unpaired) electrons. The van der Waals surface area contributed by atoms with Crippen LogP contribution in [0.1, 0.15) is 0 Å². The predicted octanol–water partition coefficient (Wildman–Crippen LogP) is 6.13. The van der Waals surface area contributed by atoms with Gasteiger partial charge in [-0.3, -0.25) is 0 Å². The lowest BCUT2D eigenvalue weighted by atomic mass is 10.3. The number of fused-ring (bicyclic) bond motifs is 2. The van der Waals surface area contributed by atoms with Gasteiger partial charge in [0.15, 0.2) is 0 Å². The Morgan fingerprint density at radius 1 is 0.409 bits per heavy atom. The molecule has 0 aromatic heterocycles. The third kappa shape index (κ3) is 4.64. The first-order chi connectivity index (χ1) is 21.4. The Labute approximate surface area is 271 Å². The van der Waals surface area contributed by atoms with Crippen molar-refractivity contribution in [3.05, 3.63) is 158 Å². The van der Waals surface area contributed by atoms with Crippen molar-refractivity contribution in [2.45, 2.75) is 13.1 Å². The molecule has 0 saturated carbocycles. The molecule has 6 aromatic rings. The van der Waals surface area contributed by atoms with Crippen molar-refractivity contribution in [3.63, 3.8) is 0 Å². The maximum absolute atomic E-state index is 7.31. The second-order valence-electron chi connectivity index (χ2n) is 11.6. The molecule has 1 nitrogen and oxygen atoms in total. The molecule has 0 N–H and O–H groups in total. The number of hydrogen-bond donors (Lipinski definition) is 0. The smallest absolute Gasteiger partial charge is 0.136 e. The molecule has 0 amide bonds. The molecular weight excluding hydrogens is 627 g/mol. The topological polar surface area (TPSA) is 9.23 Å². The van der Waals surface area contributed by atoms with Gasteiger partial charge in [-0.2, -0.15) is 0 Å². The van der Waals surface area contributed by atoms with Crippen molar-refractivity contribution in [2.75, 3.05) is 0 Å². The van der Waals surface area contributed by atoms with Crippen molar-refractivity contribution in [2.24, 2.45) is 0 Å². The van der Waals surface area contributed by atoms with Gasteiger partial charge in [0.2, 0.25) is 0 Å². The summed E-state index contributed by atoms with van der Waals surface area (Å²) in [5.41, 5.74) is 0. The van der Waals surface area contributed by atoms with E-state index in [9.17, 15) is 0 Å². The van der Waals surface area contributed by atoms with Crippen LogP contribution in [-0.4, -0.2) is 8.07 Å². The second-order valence-corrected chi connectivity index (χ2v) is 24.7. The van der Waals surface area contributed by atoms with E-state index >= 15 is 0 Å². The average Bonchev–Trinajstić information content (AvgIpc) is 3.09. The monoisotopic (exact) mass is 658 g/mol. The molecule has 6 heteroatoms. The zero-order valence-electron chi connectivity index (χ0n) is 24.6. The minimum Gasteiger partial charge on any atom is -0.456 e. The highest BCUT2D eigenvalue weighted by Crippen LogP contribution is 2.49. The van der Waals surface area contributed by atoms with E-state index in [1.54, 1.807) is 0 Å². The Morgan fingerprint density at radius 2 is 0.705 bits per heavy atom. The highest BCUT2D eigenvalue weighted by Gasteiger charge is 2.42. The Bertz CT molecular complexity index is 1830. The van der Waals surface area contributed by atoms with Crippen molar-refractivity contribution < 1.29 is 4.74 Å². The van der Waals surface area contributed by atoms with Crippen LogP contribution in [-0.2, 0) is 23.6 Å². The van der Waals surface area contributed by atoms with Crippen LogP contribution in [0.15, 0.2) is 158 Å². The molecular formula is C38H32OP2S2Si. The van der Waals surface area contributed by atoms with Gasteiger partial charge in [0.1, 0.15) is 19.6 Å². The Morgan fingerprint density at radius 3 is 1.00 bits per heavy atom. The molecule has 0 atom stereocenters. The fourth-order valence-corrected chi connectivity index (χ4v) is 17.3. The van der Waals surface area contributed by atoms with Crippen LogP contribution in [0, 0.1) is 0 Å². The highest BCUT2D eigenvalue weighted by atomic mass is 32.4. The summed E-state index contributed by atoms with van der Waals surface area (Å²) in [5, 5.41) is 9.44. The zero-order valence-corrected chi connectivity index (χ0v) is 29.1. The largest absolute Gasteiger partial charge is 0.456 e. The zero-order chi connectivity index (χ0) is 30.4. The van der Waals surface area contributed by atoms with Gasteiger partial charge in [-0.15, -0.1) is 0 Å². The normalized spacial score (nSPS) is 13.8. The van der Waals surface area contributed by atoms with Gasteiger partial charge in [-0.05, 0) is 43.7 Å². The van der Waals surface area contributed by atoms with Crippen LogP contribution >= 0.6 is 12.1 Å². The van der Waals surface area contributed by atoms with Crippen molar-refractivity contribution in [3.8, 4) is 11.5 Å². The summed E-state index contributed by atoms with van der Waals surface area (Å²) in [7, 11) is -2.24. The molecule has 216 valence electrons. The summed E-state index contributed by atoms with van der Waals surface area (Å²) in [4.78, 5) is 0. The summed E-state index contributed by atoms with van der Waals surface area (Å²) in [6, 6.07) is 50.9. The van der Waals surface area contributed by atoms with E-state index in [0.717, 1.165) is 43.3 Å². The standard InChI is InChI=1S/C38H32OP2S2Si/c1-44(2)35-27-15-25-33(40(42,29-17-7-3-8-18-29)30-19-9-4-10-20-30)37(35)39-38-34(26-16-28-36(38)44)41(43,31-21-11-5-12-22-31)32-23-13-6-14-24-32/h3-28H,1-2H3. The number of ether oxygens (including phenoxy) is 1. The van der Waals surface area contributed by atoms with Crippen LogP contribution in [0.2, 0.25) is 13.1 Å². The molecule has 0 fully saturated rings. The van der Waals surface area contributed by atoms with E-state index in [1.807, 2.05) is 0 Å². The lowest BCUT2D eigenvalue weighted by Gasteiger charge is -2.38. The van der Waals surface area contributed by atoms with E-state index in [1.165, 1.54) is 10.4 Å². The fraction of sp³-hybridized carbons (Fsp3) is 0.0526. The molecule has 7 rings (SSSR count). The lowest BCUT2D eigenvalue weighted by Crippen LogP contribution is -2.58. The molecule has 44 heavy (non-hydrogen) atoms. The summed E-state index contributed by atoms with van der Waals surface area (Å²) < 4.78 is 7.31. The molecule has 0 aliphatic carbocycles. The number of rotatable bonds is 6. The SMILES string of the molecule is C[Si]1(C)c2cccc(P(=S)(c3ccccc3)c3ccccc3)c2Oc2c1cccc2P(=S)(c1ccccc1)c1ccccc1. The molecule has 0 bridgehead atoms. The average molecular weight is 659 g/mol. The van der Waals surface area contributed by atoms with Crippen LogP contribution in [0.5, 0.6) is 11.5 Å². The first-order valence-electron chi connectivity index (χ1n) is 14.7. The molecule has 1 heterocycles. The number of benzene rings is 6. The van der Waals surface area contributed by atoms with Crippen LogP contribution in [0.4, 0.5) is 0 Å². The van der Waals surface area contributed by atoms with Crippen molar-refractivity contribution >= 4 is 86.0 Å². The summed E-state index contributed by atoms with van der Waals surface area (Å²) in [6.45, 7) is 4.87. The molecule has 6 aromatic carbocycles. The van der Waals surface area contributed by atoms with Gasteiger partial charge in [-0.1, -0.05) is 182 Å². The Kier molecular flexibility index (Phi) is 7.69. The summed E-state index contributed by atoms with van der Waals surface area (Å²) in [6.07, 6.45) is 0. The fourth-order valence-electron chi connectivity index (χ4n) is 6.40. The molecule has 1 aliphatic rings. The summed E-state index contributed by atoms with van der Waals surface area (Å²) >= 11 is 13.7. The minimum atomic E-state index is -2.46. The van der Waals surface area contributed by atoms with Crippen molar-refractivity contribution in [1.82, 2.24) is 0 Å². The number of para-hydroxylation sites is 2. The number of hydrogen-bond acceptors (Lipinski definition) is 3. The third-order valence-corrected chi connectivity index (χ3v) is 22.1. The first kappa shape index (κ1) is 29.4. The Hall–Kier alpha value is -3.36. The molecule has 0 saturated heterocycles. The van der Waals surface area contributed by atoms with E-state index in [-0.39, 0.29) is 0 Å². The molecule has 0 unspecified atom stereocenters. The highest BCUT2D eigenvalue weighted by molar-refractivity contribution is 8.26. The molecule has 0 spiro atoms. The van der Waals surface area contributed by atoms with E-state index < -0.39 is 20.1 Å². The molecule has 1 aliphatic heterocycles. The second kappa shape index (κ2) is 11.5. The minimum absolute atomic E-state index is 0.933. The maximum Gasteiger partial charge on any atom is 0.136 e. The van der Waals surface area contributed by atoms with Gasteiger partial charge in [0.25, 0.3) is 0 Å². The quantitative estimate of drug-likeness (QED) is 0.158. The van der Waals surface area contributed by atoms with E-state index in [2.05, 4.69) is 171 Å². The maximum atomic E-state index is 7.31. The van der Waals surface area contributed by atoms with E-state index in [4.69, 9.17) is 28.4 Å². The van der Waals surface area contributed by atoms with Gasteiger partial charge < -0.3 is 4.74 Å². The van der Waals surface area contributed by atoms with Gasteiger partial charge >= 0.3 is 0 Å². The lowest BCUT2D eigenvalue weighted by molar-refractivity contribution is 0.494. The van der Waals surface area contributed by atoms with Crippen LogP contribution < -0.4 is 46.9 Å². The van der Waals surface area contributed by atoms with Crippen LogP contribution in [0.25, 0.3) is 0 Å². The predicted molar refractivity (Wildman–Crippen MR) is 202 cm³/mol. The van der Waals surface area contributed by atoms with E-state index in [0.29, 0.717) is 0 Å². The van der Waals surface area contributed by atoms with Gasteiger partial charge in [0, 0.05) is 22.7 Å². The summed E-state index contributed by atoms with van der Waals surface area (Å²) in [5.74, 6) is 1.87.